The van der Waals surface area contributed by atoms with Gasteiger partial charge in [-0.2, -0.15) is 0 Å². The third kappa shape index (κ3) is 2.01. The van der Waals surface area contributed by atoms with Crippen LogP contribution in [-0.4, -0.2) is 10.8 Å². The van der Waals surface area contributed by atoms with E-state index >= 15 is 0 Å². The highest BCUT2D eigenvalue weighted by Gasteiger charge is 2.12. The lowest BCUT2D eigenvalue weighted by Gasteiger charge is -2.00. The second-order valence-electron chi connectivity index (χ2n) is 4.22. The number of carbonyl (C=O) groups excluding carboxylic acids is 1. The van der Waals surface area contributed by atoms with Crippen molar-refractivity contribution < 1.29 is 4.79 Å². The fourth-order valence-corrected chi connectivity index (χ4v) is 2.07. The topological polar surface area (TPSA) is 32.9 Å². The number of aromatic nitrogens is 1. The molecule has 2 nitrogen and oxygen atoms in total. The predicted molar refractivity (Wildman–Crippen MR) is 66.3 cm³/mol. The van der Waals surface area contributed by atoms with Gasteiger partial charge in [0.2, 0.25) is 0 Å². The van der Waals surface area contributed by atoms with Gasteiger partial charge in [0.1, 0.15) is 0 Å². The zero-order valence-electron chi connectivity index (χ0n) is 9.84. The number of Topliss-reactive ketones (excluding diaryl/α,β-unsaturated/α-hetero) is 1. The van der Waals surface area contributed by atoms with E-state index in [-0.39, 0.29) is 5.78 Å². The molecule has 0 bridgehead atoms. The molecular formula is C14H17NO. The molecule has 1 N–H and O–H groups in total. The quantitative estimate of drug-likeness (QED) is 0.825. The van der Waals surface area contributed by atoms with Crippen LogP contribution < -0.4 is 0 Å². The number of hydrogen-bond donors (Lipinski definition) is 1. The maximum absolute atomic E-state index is 11.4. The summed E-state index contributed by atoms with van der Waals surface area (Å²) in [6.07, 6.45) is 11.1. The maximum Gasteiger partial charge on any atom is 0.159 e. The molecule has 0 atom stereocenters. The summed E-state index contributed by atoms with van der Waals surface area (Å²) in [5.74, 6) is 0.132. The SMILES string of the molecule is CCCc1c[nH]c2c1C=C(C(C)=O)C=CC2. The highest BCUT2D eigenvalue weighted by atomic mass is 16.1. The van der Waals surface area contributed by atoms with E-state index in [0.29, 0.717) is 0 Å². The second kappa shape index (κ2) is 4.52. The molecule has 0 saturated heterocycles. The first-order valence-corrected chi connectivity index (χ1v) is 5.80. The van der Waals surface area contributed by atoms with Crippen LogP contribution in [0.3, 0.4) is 0 Å². The molecule has 0 fully saturated rings. The van der Waals surface area contributed by atoms with Crippen molar-refractivity contribution >= 4 is 11.9 Å². The van der Waals surface area contributed by atoms with Crippen LogP contribution in [0.4, 0.5) is 0 Å². The Morgan fingerprint density at radius 1 is 1.50 bits per heavy atom. The van der Waals surface area contributed by atoms with Crippen LogP contribution in [0.25, 0.3) is 6.08 Å². The normalized spacial score (nSPS) is 14.2. The van der Waals surface area contributed by atoms with Crippen LogP contribution in [0.5, 0.6) is 0 Å². The van der Waals surface area contributed by atoms with E-state index in [1.165, 1.54) is 16.8 Å². The molecule has 0 unspecified atom stereocenters. The lowest BCUT2D eigenvalue weighted by molar-refractivity contribution is -0.113. The molecule has 1 aromatic heterocycles. The average Bonchev–Trinajstić information content (AvgIpc) is 2.50. The first kappa shape index (κ1) is 10.9. The second-order valence-corrected chi connectivity index (χ2v) is 4.22. The van der Waals surface area contributed by atoms with E-state index in [1.807, 2.05) is 18.2 Å². The zero-order valence-corrected chi connectivity index (χ0v) is 9.84. The summed E-state index contributed by atoms with van der Waals surface area (Å²) < 4.78 is 0. The van der Waals surface area contributed by atoms with Crippen molar-refractivity contribution in [3.05, 3.63) is 40.7 Å². The molecule has 0 spiro atoms. The molecule has 0 aliphatic heterocycles. The third-order valence-corrected chi connectivity index (χ3v) is 2.94. The zero-order chi connectivity index (χ0) is 11.5. The number of nitrogens with one attached hydrogen (secondary N) is 1. The number of aromatic amines is 1. The van der Waals surface area contributed by atoms with Crippen LogP contribution in [0.1, 0.15) is 37.1 Å². The highest BCUT2D eigenvalue weighted by molar-refractivity contribution is 6.01. The van der Waals surface area contributed by atoms with Gasteiger partial charge in [0, 0.05) is 23.9 Å². The third-order valence-electron chi connectivity index (χ3n) is 2.94. The Balaban J connectivity index is 2.45. The number of hydrogen-bond acceptors (Lipinski definition) is 1. The van der Waals surface area contributed by atoms with Gasteiger partial charge >= 0.3 is 0 Å². The van der Waals surface area contributed by atoms with Gasteiger partial charge in [0.05, 0.1) is 0 Å². The summed E-state index contributed by atoms with van der Waals surface area (Å²) in [7, 11) is 0. The van der Waals surface area contributed by atoms with Crippen LogP contribution in [-0.2, 0) is 17.6 Å². The van der Waals surface area contributed by atoms with Crippen LogP contribution in [0.2, 0.25) is 0 Å². The number of allylic oxidation sites excluding steroid dienone is 3. The largest absolute Gasteiger partial charge is 0.364 e. The van der Waals surface area contributed by atoms with Gasteiger partial charge in [-0.05, 0) is 30.5 Å². The highest BCUT2D eigenvalue weighted by Crippen LogP contribution is 2.23. The monoisotopic (exact) mass is 215 g/mol. The number of fused-ring (bicyclic) bond motifs is 1. The fourth-order valence-electron chi connectivity index (χ4n) is 2.07. The molecule has 1 heterocycles. The number of ketones is 1. The van der Waals surface area contributed by atoms with Gasteiger partial charge in [-0.25, -0.2) is 0 Å². The van der Waals surface area contributed by atoms with Crippen LogP contribution in [0.15, 0.2) is 23.9 Å². The lowest BCUT2D eigenvalue weighted by Crippen LogP contribution is -1.93. The van der Waals surface area contributed by atoms with E-state index in [0.717, 1.165) is 24.8 Å². The minimum atomic E-state index is 0.132. The Labute approximate surface area is 96.1 Å². The summed E-state index contributed by atoms with van der Waals surface area (Å²) in [4.78, 5) is 14.7. The molecule has 1 aromatic rings. The number of aryl methyl sites for hydroxylation is 1. The molecule has 16 heavy (non-hydrogen) atoms. The van der Waals surface area contributed by atoms with Crippen molar-refractivity contribution in [3.63, 3.8) is 0 Å². The van der Waals surface area contributed by atoms with E-state index in [9.17, 15) is 4.79 Å². The molecule has 2 heteroatoms. The van der Waals surface area contributed by atoms with E-state index in [4.69, 9.17) is 0 Å². The van der Waals surface area contributed by atoms with Gasteiger partial charge < -0.3 is 4.98 Å². The molecule has 0 radical (unpaired) electrons. The van der Waals surface area contributed by atoms with E-state index < -0.39 is 0 Å². The van der Waals surface area contributed by atoms with Crippen molar-refractivity contribution in [2.45, 2.75) is 33.1 Å². The van der Waals surface area contributed by atoms with Crippen LogP contribution >= 0.6 is 0 Å². The minimum absolute atomic E-state index is 0.132. The predicted octanol–water partition coefficient (Wildman–Crippen LogP) is 3.05. The Morgan fingerprint density at radius 2 is 2.31 bits per heavy atom. The smallest absolute Gasteiger partial charge is 0.159 e. The van der Waals surface area contributed by atoms with Gasteiger partial charge in [-0.1, -0.05) is 25.5 Å². The first-order chi connectivity index (χ1) is 7.72. The number of H-pyrrole nitrogens is 1. The Hall–Kier alpha value is -1.57. The number of rotatable bonds is 3. The average molecular weight is 215 g/mol. The van der Waals surface area contributed by atoms with Crippen molar-refractivity contribution in [2.24, 2.45) is 0 Å². The molecule has 2 rings (SSSR count). The summed E-state index contributed by atoms with van der Waals surface area (Å²) in [6, 6.07) is 0. The van der Waals surface area contributed by atoms with E-state index in [1.54, 1.807) is 6.92 Å². The van der Waals surface area contributed by atoms with E-state index in [2.05, 4.69) is 18.1 Å². The molecular weight excluding hydrogens is 198 g/mol. The number of carbonyl (C=O) groups is 1. The maximum atomic E-state index is 11.4. The fraction of sp³-hybridized carbons (Fsp3) is 0.357. The Bertz CT molecular complexity index is 463. The summed E-state index contributed by atoms with van der Waals surface area (Å²) in [5.41, 5.74) is 4.56. The van der Waals surface area contributed by atoms with Gasteiger partial charge in [-0.15, -0.1) is 0 Å². The molecule has 1 aliphatic carbocycles. The summed E-state index contributed by atoms with van der Waals surface area (Å²) in [6.45, 7) is 3.79. The first-order valence-electron chi connectivity index (χ1n) is 5.80. The summed E-state index contributed by atoms with van der Waals surface area (Å²) in [5, 5.41) is 0. The standard InChI is InChI=1S/C14H17NO/c1-3-5-12-9-15-14-7-4-6-11(10(2)16)8-13(12)14/h4,6,8-9,15H,3,5,7H2,1-2H3. The van der Waals surface area contributed by atoms with Gasteiger partial charge in [0.25, 0.3) is 0 Å². The van der Waals surface area contributed by atoms with Crippen molar-refractivity contribution in [3.8, 4) is 0 Å². The molecule has 0 aromatic carbocycles. The molecule has 1 aliphatic rings. The molecule has 84 valence electrons. The Kier molecular flexibility index (Phi) is 3.09. The Morgan fingerprint density at radius 3 is 3.00 bits per heavy atom. The molecule has 0 saturated carbocycles. The lowest BCUT2D eigenvalue weighted by atomic mass is 10.0. The minimum Gasteiger partial charge on any atom is -0.364 e. The van der Waals surface area contributed by atoms with Crippen molar-refractivity contribution in [2.75, 3.05) is 0 Å². The molecule has 0 amide bonds. The van der Waals surface area contributed by atoms with Gasteiger partial charge in [0.15, 0.2) is 5.78 Å². The van der Waals surface area contributed by atoms with Crippen LogP contribution in [0, 0.1) is 0 Å². The van der Waals surface area contributed by atoms with Crippen molar-refractivity contribution in [1.82, 2.24) is 4.98 Å². The summed E-state index contributed by atoms with van der Waals surface area (Å²) >= 11 is 0. The van der Waals surface area contributed by atoms with Gasteiger partial charge in [-0.3, -0.25) is 4.79 Å². The van der Waals surface area contributed by atoms with Crippen molar-refractivity contribution in [1.29, 1.82) is 0 Å².